The second-order valence-corrected chi connectivity index (χ2v) is 4.78. The third-order valence-corrected chi connectivity index (χ3v) is 3.27. The first kappa shape index (κ1) is 16.2. The Labute approximate surface area is 124 Å². The van der Waals surface area contributed by atoms with Crippen molar-refractivity contribution in [2.75, 3.05) is 38.2 Å². The summed E-state index contributed by atoms with van der Waals surface area (Å²) in [5.74, 6) is -0.0342. The van der Waals surface area contributed by atoms with Crippen LogP contribution in [0, 0.1) is 6.92 Å². The molecular formula is C13H18Cl2N2O2. The Morgan fingerprint density at radius 3 is 2.74 bits per heavy atom. The summed E-state index contributed by atoms with van der Waals surface area (Å²) < 4.78 is 5.24. The SMILES string of the molecule is Cc1cccc(Cl)c1NC(=O)CN1CCOCC1.Cl. The van der Waals surface area contributed by atoms with Gasteiger partial charge < -0.3 is 10.1 Å². The van der Waals surface area contributed by atoms with Crippen molar-refractivity contribution in [2.24, 2.45) is 0 Å². The van der Waals surface area contributed by atoms with E-state index in [0.717, 1.165) is 18.7 Å². The molecule has 1 aliphatic rings. The first-order valence-corrected chi connectivity index (χ1v) is 6.39. The Morgan fingerprint density at radius 2 is 2.11 bits per heavy atom. The normalized spacial score (nSPS) is 15.7. The number of halogens is 2. The first-order chi connectivity index (χ1) is 8.66. The lowest BCUT2D eigenvalue weighted by Crippen LogP contribution is -2.41. The van der Waals surface area contributed by atoms with Gasteiger partial charge in [0.15, 0.2) is 0 Å². The lowest BCUT2D eigenvalue weighted by atomic mass is 10.2. The van der Waals surface area contributed by atoms with Crippen molar-refractivity contribution in [3.05, 3.63) is 28.8 Å². The van der Waals surface area contributed by atoms with Crippen LogP contribution in [0.4, 0.5) is 5.69 Å². The summed E-state index contributed by atoms with van der Waals surface area (Å²) in [4.78, 5) is 14.0. The zero-order chi connectivity index (χ0) is 13.0. The van der Waals surface area contributed by atoms with Gasteiger partial charge in [-0.05, 0) is 18.6 Å². The Hall–Kier alpha value is -0.810. The molecule has 1 aromatic carbocycles. The minimum absolute atomic E-state index is 0. The molecule has 1 aliphatic heterocycles. The molecule has 0 aliphatic carbocycles. The smallest absolute Gasteiger partial charge is 0.238 e. The monoisotopic (exact) mass is 304 g/mol. The molecule has 2 rings (SSSR count). The molecule has 106 valence electrons. The van der Waals surface area contributed by atoms with E-state index < -0.39 is 0 Å². The van der Waals surface area contributed by atoms with E-state index in [2.05, 4.69) is 10.2 Å². The standard InChI is InChI=1S/C13H17ClN2O2.ClH/c1-10-3-2-4-11(14)13(10)15-12(17)9-16-5-7-18-8-6-16;/h2-4H,5-9H2,1H3,(H,15,17);1H. The number of amides is 1. The first-order valence-electron chi connectivity index (χ1n) is 6.02. The van der Waals surface area contributed by atoms with Crippen molar-refractivity contribution >= 4 is 35.6 Å². The van der Waals surface area contributed by atoms with Gasteiger partial charge in [0.2, 0.25) is 5.91 Å². The van der Waals surface area contributed by atoms with Gasteiger partial charge in [-0.3, -0.25) is 9.69 Å². The van der Waals surface area contributed by atoms with Gasteiger partial charge in [-0.15, -0.1) is 12.4 Å². The molecule has 1 heterocycles. The van der Waals surface area contributed by atoms with Gasteiger partial charge in [0.05, 0.1) is 30.5 Å². The molecular weight excluding hydrogens is 287 g/mol. The number of nitrogens with zero attached hydrogens (tertiary/aromatic N) is 1. The molecule has 0 saturated carbocycles. The molecule has 1 fully saturated rings. The summed E-state index contributed by atoms with van der Waals surface area (Å²) in [6, 6.07) is 5.57. The molecule has 0 spiro atoms. The second kappa shape index (κ2) is 7.70. The van der Waals surface area contributed by atoms with E-state index in [1.807, 2.05) is 19.1 Å². The van der Waals surface area contributed by atoms with Crippen LogP contribution in [0.2, 0.25) is 5.02 Å². The van der Waals surface area contributed by atoms with Gasteiger partial charge in [-0.2, -0.15) is 0 Å². The third kappa shape index (κ3) is 4.66. The van der Waals surface area contributed by atoms with Gasteiger partial charge in [-0.25, -0.2) is 0 Å². The summed E-state index contributed by atoms with van der Waals surface area (Å²) in [5.41, 5.74) is 1.68. The number of hydrogen-bond donors (Lipinski definition) is 1. The maximum absolute atomic E-state index is 11.9. The number of nitrogens with one attached hydrogen (secondary N) is 1. The van der Waals surface area contributed by atoms with Crippen molar-refractivity contribution in [1.29, 1.82) is 0 Å². The minimum atomic E-state index is -0.0342. The van der Waals surface area contributed by atoms with Crippen molar-refractivity contribution in [1.82, 2.24) is 4.90 Å². The molecule has 0 aromatic heterocycles. The molecule has 4 nitrogen and oxygen atoms in total. The molecule has 1 aromatic rings. The van der Waals surface area contributed by atoms with Crippen LogP contribution in [0.15, 0.2) is 18.2 Å². The summed E-state index contributed by atoms with van der Waals surface area (Å²) in [6.07, 6.45) is 0. The molecule has 1 N–H and O–H groups in total. The molecule has 0 bridgehead atoms. The predicted molar refractivity (Wildman–Crippen MR) is 79.3 cm³/mol. The molecule has 1 saturated heterocycles. The Morgan fingerprint density at radius 1 is 1.42 bits per heavy atom. The molecule has 0 radical (unpaired) electrons. The van der Waals surface area contributed by atoms with Crippen molar-refractivity contribution in [3.63, 3.8) is 0 Å². The van der Waals surface area contributed by atoms with E-state index >= 15 is 0 Å². The zero-order valence-corrected chi connectivity index (χ0v) is 12.4. The van der Waals surface area contributed by atoms with E-state index in [9.17, 15) is 4.79 Å². The number of benzene rings is 1. The van der Waals surface area contributed by atoms with Crippen LogP contribution in [-0.2, 0) is 9.53 Å². The number of anilines is 1. The highest BCUT2D eigenvalue weighted by molar-refractivity contribution is 6.33. The van der Waals surface area contributed by atoms with Gasteiger partial charge in [-0.1, -0.05) is 23.7 Å². The zero-order valence-electron chi connectivity index (χ0n) is 10.8. The Bertz CT molecular complexity index is 414. The molecule has 6 heteroatoms. The highest BCUT2D eigenvalue weighted by Gasteiger charge is 2.15. The van der Waals surface area contributed by atoms with E-state index in [4.69, 9.17) is 16.3 Å². The average Bonchev–Trinajstić information content (AvgIpc) is 2.35. The lowest BCUT2D eigenvalue weighted by Gasteiger charge is -2.26. The fraction of sp³-hybridized carbons (Fsp3) is 0.462. The van der Waals surface area contributed by atoms with Crippen LogP contribution < -0.4 is 5.32 Å². The van der Waals surface area contributed by atoms with E-state index in [1.165, 1.54) is 0 Å². The van der Waals surface area contributed by atoms with Crippen LogP contribution in [-0.4, -0.2) is 43.7 Å². The summed E-state index contributed by atoms with van der Waals surface area (Å²) in [5, 5.41) is 3.45. The number of ether oxygens (including phenoxy) is 1. The number of rotatable bonds is 3. The molecule has 1 amide bonds. The molecule has 0 atom stereocenters. The van der Waals surface area contributed by atoms with E-state index in [1.54, 1.807) is 6.07 Å². The van der Waals surface area contributed by atoms with Crippen LogP contribution in [0.25, 0.3) is 0 Å². The quantitative estimate of drug-likeness (QED) is 0.932. The summed E-state index contributed by atoms with van der Waals surface area (Å²) in [7, 11) is 0. The fourth-order valence-electron chi connectivity index (χ4n) is 1.93. The number of aryl methyl sites for hydroxylation is 1. The minimum Gasteiger partial charge on any atom is -0.379 e. The number of carbonyl (C=O) groups is 1. The Kier molecular flexibility index (Phi) is 6.58. The van der Waals surface area contributed by atoms with Gasteiger partial charge in [0.25, 0.3) is 0 Å². The van der Waals surface area contributed by atoms with Crippen molar-refractivity contribution in [3.8, 4) is 0 Å². The van der Waals surface area contributed by atoms with E-state index in [-0.39, 0.29) is 18.3 Å². The van der Waals surface area contributed by atoms with Crippen molar-refractivity contribution < 1.29 is 9.53 Å². The van der Waals surface area contributed by atoms with Crippen LogP contribution in [0.3, 0.4) is 0 Å². The predicted octanol–water partition coefficient (Wildman–Crippen LogP) is 2.34. The third-order valence-electron chi connectivity index (χ3n) is 2.96. The lowest BCUT2D eigenvalue weighted by molar-refractivity contribution is -0.118. The number of hydrogen-bond acceptors (Lipinski definition) is 3. The fourth-order valence-corrected chi connectivity index (χ4v) is 2.20. The van der Waals surface area contributed by atoms with Crippen LogP contribution >= 0.6 is 24.0 Å². The molecule has 0 unspecified atom stereocenters. The summed E-state index contributed by atoms with van der Waals surface area (Å²) >= 11 is 6.07. The van der Waals surface area contributed by atoms with Gasteiger partial charge >= 0.3 is 0 Å². The topological polar surface area (TPSA) is 41.6 Å². The van der Waals surface area contributed by atoms with Crippen LogP contribution in [0.5, 0.6) is 0 Å². The maximum atomic E-state index is 11.9. The largest absolute Gasteiger partial charge is 0.379 e. The highest BCUT2D eigenvalue weighted by atomic mass is 35.5. The number of morpholine rings is 1. The molecule has 19 heavy (non-hydrogen) atoms. The highest BCUT2D eigenvalue weighted by Crippen LogP contribution is 2.25. The van der Waals surface area contributed by atoms with Crippen molar-refractivity contribution in [2.45, 2.75) is 6.92 Å². The number of carbonyl (C=O) groups excluding carboxylic acids is 1. The van der Waals surface area contributed by atoms with Gasteiger partial charge in [0, 0.05) is 13.1 Å². The maximum Gasteiger partial charge on any atom is 0.238 e. The van der Waals surface area contributed by atoms with Crippen LogP contribution in [0.1, 0.15) is 5.56 Å². The average molecular weight is 305 g/mol. The van der Waals surface area contributed by atoms with E-state index in [0.29, 0.717) is 30.5 Å². The number of para-hydroxylation sites is 1. The Balaban J connectivity index is 0.00000180. The van der Waals surface area contributed by atoms with Gasteiger partial charge in [0.1, 0.15) is 0 Å². The second-order valence-electron chi connectivity index (χ2n) is 4.37. The summed E-state index contributed by atoms with van der Waals surface area (Å²) in [6.45, 7) is 5.30.